The van der Waals surface area contributed by atoms with Gasteiger partial charge >= 0.3 is 0 Å². The maximum atomic E-state index is 5.39. The third kappa shape index (κ3) is 3.45. The Kier molecular flexibility index (Phi) is 4.23. The Morgan fingerprint density at radius 2 is 2.05 bits per heavy atom. The van der Waals surface area contributed by atoms with Crippen LogP contribution >= 0.6 is 0 Å². The van der Waals surface area contributed by atoms with Gasteiger partial charge in [-0.15, -0.1) is 0 Å². The number of benzene rings is 1. The average molecular weight is 273 g/mol. The molecule has 0 radical (unpaired) electrons. The third-order valence-corrected chi connectivity index (χ3v) is 3.52. The van der Waals surface area contributed by atoms with E-state index in [1.165, 1.54) is 5.56 Å². The molecular weight excluding hydrogens is 250 g/mol. The highest BCUT2D eigenvalue weighted by atomic mass is 16.5. The Morgan fingerprint density at radius 3 is 2.65 bits per heavy atom. The summed E-state index contributed by atoms with van der Waals surface area (Å²) in [6.45, 7) is 8.66. The predicted octanol–water partition coefficient (Wildman–Crippen LogP) is 3.22. The number of nitrogens with one attached hydrogen (secondary N) is 1. The van der Waals surface area contributed by atoms with E-state index in [1.54, 1.807) is 0 Å². The minimum Gasteiger partial charge on any atom is -0.339 e. The zero-order valence-corrected chi connectivity index (χ0v) is 12.9. The number of hydrogen-bond acceptors (Lipinski definition) is 4. The molecule has 1 atom stereocenters. The highest BCUT2D eigenvalue weighted by Gasteiger charge is 2.25. The fourth-order valence-electron chi connectivity index (χ4n) is 2.26. The first kappa shape index (κ1) is 14.7. The molecule has 0 saturated heterocycles. The van der Waals surface area contributed by atoms with Crippen LogP contribution in [0.2, 0.25) is 0 Å². The standard InChI is InChI=1S/C16H23N3O/c1-11-7-6-8-12(9-11)15-18-14(20-19-15)10-13(17-5)16(2,3)4/h6-9,13,17H,10H2,1-5H3. The lowest BCUT2D eigenvalue weighted by atomic mass is 9.85. The highest BCUT2D eigenvalue weighted by molar-refractivity contribution is 5.55. The van der Waals surface area contributed by atoms with E-state index in [0.29, 0.717) is 17.8 Å². The fourth-order valence-corrected chi connectivity index (χ4v) is 2.26. The summed E-state index contributed by atoms with van der Waals surface area (Å²) in [6, 6.07) is 8.43. The van der Waals surface area contributed by atoms with Crippen LogP contribution in [-0.4, -0.2) is 23.2 Å². The summed E-state index contributed by atoms with van der Waals surface area (Å²) in [5, 5.41) is 7.40. The minimum atomic E-state index is 0.146. The van der Waals surface area contributed by atoms with Gasteiger partial charge in [0.2, 0.25) is 11.7 Å². The van der Waals surface area contributed by atoms with Crippen molar-refractivity contribution in [3.8, 4) is 11.4 Å². The Balaban J connectivity index is 2.17. The summed E-state index contributed by atoms with van der Waals surface area (Å²) in [4.78, 5) is 4.51. The number of nitrogens with zero attached hydrogens (tertiary/aromatic N) is 2. The molecule has 1 unspecified atom stereocenters. The molecule has 1 aromatic carbocycles. The van der Waals surface area contributed by atoms with Crippen LogP contribution in [0.4, 0.5) is 0 Å². The van der Waals surface area contributed by atoms with Crippen molar-refractivity contribution in [2.45, 2.75) is 40.2 Å². The van der Waals surface area contributed by atoms with Gasteiger partial charge in [-0.2, -0.15) is 4.98 Å². The summed E-state index contributed by atoms with van der Waals surface area (Å²) in [6.07, 6.45) is 0.735. The zero-order chi connectivity index (χ0) is 14.8. The van der Waals surface area contributed by atoms with E-state index in [9.17, 15) is 0 Å². The van der Waals surface area contributed by atoms with Crippen LogP contribution in [0, 0.1) is 12.3 Å². The SMILES string of the molecule is CNC(Cc1nc(-c2cccc(C)c2)no1)C(C)(C)C. The van der Waals surface area contributed by atoms with Gasteiger partial charge in [0.05, 0.1) is 0 Å². The van der Waals surface area contributed by atoms with Gasteiger partial charge < -0.3 is 9.84 Å². The van der Waals surface area contributed by atoms with E-state index < -0.39 is 0 Å². The summed E-state index contributed by atoms with van der Waals surface area (Å²) in [5.41, 5.74) is 2.33. The van der Waals surface area contributed by atoms with Crippen LogP contribution in [0.5, 0.6) is 0 Å². The smallest absolute Gasteiger partial charge is 0.228 e. The average Bonchev–Trinajstić information content (AvgIpc) is 2.83. The molecule has 0 spiro atoms. The molecule has 4 nitrogen and oxygen atoms in total. The van der Waals surface area contributed by atoms with Crippen LogP contribution < -0.4 is 5.32 Å². The maximum absolute atomic E-state index is 5.39. The van der Waals surface area contributed by atoms with Crippen molar-refractivity contribution in [2.24, 2.45) is 5.41 Å². The molecule has 108 valence electrons. The third-order valence-electron chi connectivity index (χ3n) is 3.52. The van der Waals surface area contributed by atoms with Crippen molar-refractivity contribution in [3.05, 3.63) is 35.7 Å². The van der Waals surface area contributed by atoms with Gasteiger partial charge in [0.1, 0.15) is 0 Å². The second-order valence-electron chi connectivity index (χ2n) is 6.29. The van der Waals surface area contributed by atoms with Crippen LogP contribution in [0.25, 0.3) is 11.4 Å². The van der Waals surface area contributed by atoms with Crippen LogP contribution in [-0.2, 0) is 6.42 Å². The molecule has 1 aromatic heterocycles. The van der Waals surface area contributed by atoms with E-state index in [1.807, 2.05) is 19.2 Å². The first-order valence-electron chi connectivity index (χ1n) is 6.97. The van der Waals surface area contributed by atoms with Gasteiger partial charge in [0, 0.05) is 18.0 Å². The molecule has 2 aromatic rings. The predicted molar refractivity (Wildman–Crippen MR) is 80.5 cm³/mol. The Hall–Kier alpha value is -1.68. The normalized spacial score (nSPS) is 13.4. The Labute approximate surface area is 120 Å². The van der Waals surface area contributed by atoms with Crippen molar-refractivity contribution in [2.75, 3.05) is 7.05 Å². The van der Waals surface area contributed by atoms with Crippen molar-refractivity contribution in [1.29, 1.82) is 0 Å². The Bertz CT molecular complexity index is 569. The molecule has 0 aliphatic rings. The fraction of sp³-hybridized carbons (Fsp3) is 0.500. The van der Waals surface area contributed by atoms with Gasteiger partial charge in [-0.1, -0.05) is 49.7 Å². The van der Waals surface area contributed by atoms with E-state index in [4.69, 9.17) is 4.52 Å². The maximum Gasteiger partial charge on any atom is 0.228 e. The second-order valence-corrected chi connectivity index (χ2v) is 6.29. The quantitative estimate of drug-likeness (QED) is 0.929. The zero-order valence-electron chi connectivity index (χ0n) is 12.9. The van der Waals surface area contributed by atoms with Gasteiger partial charge in [0.15, 0.2) is 0 Å². The summed E-state index contributed by atoms with van der Waals surface area (Å²) in [7, 11) is 1.97. The van der Waals surface area contributed by atoms with Gasteiger partial charge in [0.25, 0.3) is 0 Å². The van der Waals surface area contributed by atoms with Crippen molar-refractivity contribution >= 4 is 0 Å². The van der Waals surface area contributed by atoms with Crippen LogP contribution in [0.3, 0.4) is 0 Å². The highest BCUT2D eigenvalue weighted by Crippen LogP contribution is 2.23. The molecule has 0 fully saturated rings. The molecule has 4 heteroatoms. The molecule has 1 heterocycles. The van der Waals surface area contributed by atoms with E-state index in [0.717, 1.165) is 12.0 Å². The molecule has 20 heavy (non-hydrogen) atoms. The lowest BCUT2D eigenvalue weighted by molar-refractivity contribution is 0.255. The number of likely N-dealkylation sites (N-methyl/N-ethyl adjacent to an activating group) is 1. The summed E-state index contributed by atoms with van der Waals surface area (Å²) < 4.78 is 5.39. The summed E-state index contributed by atoms with van der Waals surface area (Å²) >= 11 is 0. The molecule has 0 saturated carbocycles. The number of aromatic nitrogens is 2. The van der Waals surface area contributed by atoms with Crippen molar-refractivity contribution in [3.63, 3.8) is 0 Å². The van der Waals surface area contributed by atoms with E-state index in [-0.39, 0.29) is 5.41 Å². The van der Waals surface area contributed by atoms with Gasteiger partial charge in [-0.3, -0.25) is 0 Å². The molecule has 1 N–H and O–H groups in total. The van der Waals surface area contributed by atoms with Crippen LogP contribution in [0.15, 0.2) is 28.8 Å². The topological polar surface area (TPSA) is 51.0 Å². The number of rotatable bonds is 4. The molecule has 0 aliphatic carbocycles. The van der Waals surface area contributed by atoms with Crippen molar-refractivity contribution < 1.29 is 4.52 Å². The molecular formula is C16H23N3O. The molecule has 0 amide bonds. The van der Waals surface area contributed by atoms with Crippen LogP contribution in [0.1, 0.15) is 32.2 Å². The van der Waals surface area contributed by atoms with Crippen molar-refractivity contribution in [1.82, 2.24) is 15.5 Å². The lowest BCUT2D eigenvalue weighted by Gasteiger charge is -2.29. The summed E-state index contributed by atoms with van der Waals surface area (Å²) in [5.74, 6) is 1.34. The number of hydrogen-bond donors (Lipinski definition) is 1. The van der Waals surface area contributed by atoms with Gasteiger partial charge in [-0.25, -0.2) is 0 Å². The minimum absolute atomic E-state index is 0.146. The van der Waals surface area contributed by atoms with E-state index >= 15 is 0 Å². The molecule has 0 bridgehead atoms. The first-order valence-corrected chi connectivity index (χ1v) is 6.97. The largest absolute Gasteiger partial charge is 0.339 e. The molecule has 2 rings (SSSR count). The van der Waals surface area contributed by atoms with E-state index in [2.05, 4.69) is 55.3 Å². The lowest BCUT2D eigenvalue weighted by Crippen LogP contribution is -2.39. The first-order chi connectivity index (χ1) is 9.40. The second kappa shape index (κ2) is 5.75. The molecule has 0 aliphatic heterocycles. The van der Waals surface area contributed by atoms with Gasteiger partial charge in [-0.05, 0) is 25.5 Å². The monoisotopic (exact) mass is 273 g/mol. The number of aryl methyl sites for hydroxylation is 1. The Morgan fingerprint density at radius 1 is 1.30 bits per heavy atom.